The van der Waals surface area contributed by atoms with Gasteiger partial charge in [0.25, 0.3) is 5.91 Å². The number of anilines is 1. The molecule has 1 unspecified atom stereocenters. The largest absolute Gasteiger partial charge is 0.506 e. The number of phenols is 1. The number of benzene rings is 1. The van der Waals surface area contributed by atoms with E-state index in [2.05, 4.69) is 0 Å². The molecule has 2 amide bonds. The van der Waals surface area contributed by atoms with Gasteiger partial charge in [-0.3, -0.25) is 4.79 Å². The summed E-state index contributed by atoms with van der Waals surface area (Å²) in [7, 11) is 0. The molecule has 0 saturated carbocycles. The number of alkyl halides is 3. The number of nitrogens with zero attached hydrogens (tertiary/aromatic N) is 2. The Morgan fingerprint density at radius 3 is 2.26 bits per heavy atom. The Labute approximate surface area is 179 Å². The van der Waals surface area contributed by atoms with Gasteiger partial charge in [-0.2, -0.15) is 13.2 Å². The van der Waals surface area contributed by atoms with Crippen molar-refractivity contribution in [3.63, 3.8) is 0 Å². The van der Waals surface area contributed by atoms with Crippen LogP contribution < -0.4 is 5.73 Å². The van der Waals surface area contributed by atoms with Crippen LogP contribution in [0.4, 0.5) is 23.7 Å². The summed E-state index contributed by atoms with van der Waals surface area (Å²) in [6.45, 7) is 9.16. The first-order valence-electron chi connectivity index (χ1n) is 10.1. The first kappa shape index (κ1) is 24.6. The second kappa shape index (κ2) is 8.47. The van der Waals surface area contributed by atoms with Crippen molar-refractivity contribution < 1.29 is 33.0 Å². The lowest BCUT2D eigenvalue weighted by molar-refractivity contribution is -0.138. The number of carbonyl (C=O) groups excluding carboxylic acids is 1. The lowest BCUT2D eigenvalue weighted by atomic mass is 9.76. The standard InChI is InChI=1S/C21H30F3N3O4/c1-11(2)27(15-7-6-8-26(19(30)31)17(15)20(3,4)5)18(29)12-9-14(25)16(28)10-13(12)21(22,23)24/h9-11,15,17,28H,6-8,25H2,1-5H3,(H,30,31)/t15-,17?/m1/s1. The molecule has 1 aromatic rings. The number of hydrogen-bond acceptors (Lipinski definition) is 4. The van der Waals surface area contributed by atoms with Crippen LogP contribution in [0.25, 0.3) is 0 Å². The Morgan fingerprint density at radius 1 is 1.23 bits per heavy atom. The topological polar surface area (TPSA) is 107 Å². The van der Waals surface area contributed by atoms with Gasteiger partial charge in [0, 0.05) is 12.6 Å². The smallest absolute Gasteiger partial charge is 0.417 e. The Kier molecular flexibility index (Phi) is 6.73. The van der Waals surface area contributed by atoms with E-state index in [4.69, 9.17) is 5.73 Å². The van der Waals surface area contributed by atoms with Crippen LogP contribution in [-0.2, 0) is 6.18 Å². The van der Waals surface area contributed by atoms with Crippen LogP contribution in [0.5, 0.6) is 5.75 Å². The zero-order chi connectivity index (χ0) is 23.9. The molecule has 2 atom stereocenters. The molecule has 1 fully saturated rings. The van der Waals surface area contributed by atoms with E-state index in [0.29, 0.717) is 18.9 Å². The van der Waals surface area contributed by atoms with E-state index in [9.17, 15) is 33.0 Å². The summed E-state index contributed by atoms with van der Waals surface area (Å²) in [5.41, 5.74) is 2.74. The van der Waals surface area contributed by atoms with E-state index >= 15 is 0 Å². The second-order valence-corrected chi connectivity index (χ2v) is 9.26. The molecule has 1 aliphatic heterocycles. The number of phenolic OH excluding ortho intramolecular Hbond substituents is 1. The molecule has 0 aromatic heterocycles. The fourth-order valence-electron chi connectivity index (χ4n) is 4.45. The molecule has 1 saturated heterocycles. The first-order valence-corrected chi connectivity index (χ1v) is 10.1. The number of rotatable bonds is 3. The van der Waals surface area contributed by atoms with Crippen molar-refractivity contribution in [3.05, 3.63) is 23.3 Å². The molecule has 0 radical (unpaired) electrons. The van der Waals surface area contributed by atoms with Crippen molar-refractivity contribution in [1.29, 1.82) is 0 Å². The van der Waals surface area contributed by atoms with Gasteiger partial charge in [0.15, 0.2) is 0 Å². The predicted octanol–water partition coefficient (Wildman–Crippen LogP) is 4.40. The van der Waals surface area contributed by atoms with Gasteiger partial charge in [-0.15, -0.1) is 0 Å². The SMILES string of the molecule is CC(C)N(C(=O)c1cc(N)c(O)cc1C(F)(F)F)[C@@H]1CCCN(C(=O)O)C1C(C)(C)C. The van der Waals surface area contributed by atoms with E-state index in [1.165, 1.54) is 9.80 Å². The van der Waals surface area contributed by atoms with Crippen LogP contribution in [0, 0.1) is 5.41 Å². The van der Waals surface area contributed by atoms with E-state index < -0.39 is 58.6 Å². The Balaban J connectivity index is 2.64. The van der Waals surface area contributed by atoms with Crippen molar-refractivity contribution in [3.8, 4) is 5.75 Å². The maximum absolute atomic E-state index is 13.7. The van der Waals surface area contributed by atoms with Crippen LogP contribution >= 0.6 is 0 Å². The molecular formula is C21H30F3N3O4. The fourth-order valence-corrected chi connectivity index (χ4v) is 4.45. The minimum atomic E-state index is -4.89. The van der Waals surface area contributed by atoms with Crippen molar-refractivity contribution in [2.45, 2.75) is 71.8 Å². The highest BCUT2D eigenvalue weighted by atomic mass is 19.4. The fraction of sp³-hybridized carbons (Fsp3) is 0.619. The summed E-state index contributed by atoms with van der Waals surface area (Å²) < 4.78 is 41.0. The van der Waals surface area contributed by atoms with E-state index in [0.717, 1.165) is 6.07 Å². The third kappa shape index (κ3) is 4.99. The molecule has 1 aliphatic rings. The van der Waals surface area contributed by atoms with E-state index in [-0.39, 0.29) is 12.2 Å². The highest BCUT2D eigenvalue weighted by molar-refractivity contribution is 5.98. The molecule has 7 nitrogen and oxygen atoms in total. The van der Waals surface area contributed by atoms with Gasteiger partial charge < -0.3 is 25.7 Å². The molecule has 174 valence electrons. The normalized spacial score (nSPS) is 20.1. The number of halogens is 3. The number of aromatic hydroxyl groups is 1. The van der Waals surface area contributed by atoms with Gasteiger partial charge in [0.2, 0.25) is 0 Å². The number of piperidine rings is 1. The minimum Gasteiger partial charge on any atom is -0.506 e. The summed E-state index contributed by atoms with van der Waals surface area (Å²) in [6.07, 6.45) is -5.10. The van der Waals surface area contributed by atoms with Crippen molar-refractivity contribution in [2.24, 2.45) is 5.41 Å². The number of hydrogen-bond donors (Lipinski definition) is 3. The number of nitrogen functional groups attached to an aromatic ring is 1. The quantitative estimate of drug-likeness (QED) is 0.472. The van der Waals surface area contributed by atoms with Gasteiger partial charge in [-0.05, 0) is 44.2 Å². The van der Waals surface area contributed by atoms with Crippen molar-refractivity contribution in [1.82, 2.24) is 9.80 Å². The third-order valence-corrected chi connectivity index (χ3v) is 5.58. The zero-order valence-electron chi connectivity index (χ0n) is 18.3. The number of carboxylic acid groups (broad SMARTS) is 1. The lowest BCUT2D eigenvalue weighted by Gasteiger charge is -2.51. The summed E-state index contributed by atoms with van der Waals surface area (Å²) >= 11 is 0. The maximum atomic E-state index is 13.7. The Bertz CT molecular complexity index is 849. The number of carbonyl (C=O) groups is 2. The molecule has 10 heteroatoms. The first-order chi connectivity index (χ1) is 14.1. The summed E-state index contributed by atoms with van der Waals surface area (Å²) in [5, 5.41) is 19.4. The monoisotopic (exact) mass is 445 g/mol. The van der Waals surface area contributed by atoms with E-state index in [1.54, 1.807) is 13.8 Å². The van der Waals surface area contributed by atoms with Crippen LogP contribution in [0.1, 0.15) is 63.4 Å². The molecule has 0 bridgehead atoms. The molecule has 0 aliphatic carbocycles. The van der Waals surface area contributed by atoms with Crippen LogP contribution in [0.15, 0.2) is 12.1 Å². The van der Waals surface area contributed by atoms with Crippen LogP contribution in [0.3, 0.4) is 0 Å². The maximum Gasteiger partial charge on any atom is 0.417 e. The molecule has 1 heterocycles. The lowest BCUT2D eigenvalue weighted by Crippen LogP contribution is -2.63. The number of amides is 2. The number of nitrogens with two attached hydrogens (primary N) is 1. The Morgan fingerprint density at radius 2 is 1.81 bits per heavy atom. The zero-order valence-corrected chi connectivity index (χ0v) is 18.3. The van der Waals surface area contributed by atoms with Crippen LogP contribution in [-0.4, -0.2) is 56.7 Å². The summed E-state index contributed by atoms with van der Waals surface area (Å²) in [5.74, 6) is -1.66. The molecule has 0 spiro atoms. The second-order valence-electron chi connectivity index (χ2n) is 9.26. The Hall–Kier alpha value is -2.65. The highest BCUT2D eigenvalue weighted by Crippen LogP contribution is 2.40. The van der Waals surface area contributed by atoms with Crippen molar-refractivity contribution in [2.75, 3.05) is 12.3 Å². The van der Waals surface area contributed by atoms with Crippen molar-refractivity contribution >= 4 is 17.7 Å². The van der Waals surface area contributed by atoms with Gasteiger partial charge >= 0.3 is 12.3 Å². The predicted molar refractivity (Wildman–Crippen MR) is 110 cm³/mol. The van der Waals surface area contributed by atoms with Crippen LogP contribution in [0.2, 0.25) is 0 Å². The van der Waals surface area contributed by atoms with E-state index in [1.807, 2.05) is 20.8 Å². The molecule has 31 heavy (non-hydrogen) atoms. The highest BCUT2D eigenvalue weighted by Gasteiger charge is 2.47. The van der Waals surface area contributed by atoms with Gasteiger partial charge in [0.1, 0.15) is 5.75 Å². The molecule has 4 N–H and O–H groups in total. The minimum absolute atomic E-state index is 0.286. The third-order valence-electron chi connectivity index (χ3n) is 5.58. The average molecular weight is 445 g/mol. The van der Waals surface area contributed by atoms with Gasteiger partial charge in [-0.1, -0.05) is 20.8 Å². The molecule has 2 rings (SSSR count). The molecule has 1 aromatic carbocycles. The number of likely N-dealkylation sites (tertiary alicyclic amines) is 1. The van der Waals surface area contributed by atoms with Gasteiger partial charge in [0.05, 0.1) is 28.9 Å². The average Bonchev–Trinajstić information content (AvgIpc) is 2.61. The summed E-state index contributed by atoms with van der Waals surface area (Å²) in [6, 6.07) is -0.471. The molecular weight excluding hydrogens is 415 g/mol. The van der Waals surface area contributed by atoms with Gasteiger partial charge in [-0.25, -0.2) is 4.79 Å². The summed E-state index contributed by atoms with van der Waals surface area (Å²) in [4.78, 5) is 28.0.